The molecule has 1 N–H and O–H groups in total. The fourth-order valence-corrected chi connectivity index (χ4v) is 1.98. The van der Waals surface area contributed by atoms with Crippen molar-refractivity contribution >= 4 is 11.6 Å². The molecule has 0 aromatic carbocycles. The highest BCUT2D eigenvalue weighted by molar-refractivity contribution is 5.49. The van der Waals surface area contributed by atoms with E-state index in [0.717, 1.165) is 22.5 Å². The number of aryl methyl sites for hydroxylation is 2. The third kappa shape index (κ3) is 2.27. The van der Waals surface area contributed by atoms with Crippen molar-refractivity contribution in [2.45, 2.75) is 20.4 Å². The fraction of sp³-hybridized carbons (Fsp3) is 0.214. The Kier molecular flexibility index (Phi) is 2.87. The number of anilines is 1. The molecule has 0 atom stereocenters. The van der Waals surface area contributed by atoms with Crippen molar-refractivity contribution in [3.8, 4) is 0 Å². The molecule has 0 fully saturated rings. The predicted molar refractivity (Wildman–Crippen MR) is 74.0 cm³/mol. The molecule has 0 unspecified atom stereocenters. The van der Waals surface area contributed by atoms with Crippen molar-refractivity contribution in [3.05, 3.63) is 53.5 Å². The van der Waals surface area contributed by atoms with Crippen LogP contribution < -0.4 is 5.32 Å². The van der Waals surface area contributed by atoms with Crippen molar-refractivity contribution in [1.82, 2.24) is 19.6 Å². The average molecular weight is 253 g/mol. The smallest absolute Gasteiger partial charge is 0.243 e. The monoisotopic (exact) mass is 253 g/mol. The first kappa shape index (κ1) is 11.6. The number of hydrogen-bond acceptors (Lipinski definition) is 4. The molecule has 5 heteroatoms. The van der Waals surface area contributed by atoms with E-state index in [2.05, 4.69) is 20.4 Å². The van der Waals surface area contributed by atoms with E-state index in [1.807, 2.05) is 44.3 Å². The van der Waals surface area contributed by atoms with Gasteiger partial charge in [0.1, 0.15) is 0 Å². The Labute approximate surface area is 111 Å². The molecule has 3 aromatic rings. The van der Waals surface area contributed by atoms with E-state index in [1.54, 1.807) is 10.7 Å². The fourth-order valence-electron chi connectivity index (χ4n) is 1.98. The van der Waals surface area contributed by atoms with Crippen LogP contribution in [0.15, 0.2) is 36.7 Å². The summed E-state index contributed by atoms with van der Waals surface area (Å²) < 4.78 is 1.78. The lowest BCUT2D eigenvalue weighted by molar-refractivity contribution is 0.934. The molecular weight excluding hydrogens is 238 g/mol. The Morgan fingerprint density at radius 3 is 2.79 bits per heavy atom. The normalized spacial score (nSPS) is 10.8. The van der Waals surface area contributed by atoms with Crippen LogP contribution >= 0.6 is 0 Å². The van der Waals surface area contributed by atoms with Gasteiger partial charge in [-0.15, -0.1) is 5.10 Å². The van der Waals surface area contributed by atoms with Gasteiger partial charge < -0.3 is 5.32 Å². The molecule has 0 aliphatic carbocycles. The lowest BCUT2D eigenvalue weighted by Gasteiger charge is -2.03. The number of rotatable bonds is 3. The molecule has 0 saturated heterocycles. The Morgan fingerprint density at radius 1 is 1.16 bits per heavy atom. The van der Waals surface area contributed by atoms with E-state index in [-0.39, 0.29) is 0 Å². The van der Waals surface area contributed by atoms with E-state index < -0.39 is 0 Å². The quantitative estimate of drug-likeness (QED) is 0.778. The molecule has 3 heterocycles. The molecule has 5 nitrogen and oxygen atoms in total. The second kappa shape index (κ2) is 4.68. The first-order chi connectivity index (χ1) is 9.24. The Hall–Kier alpha value is -2.43. The van der Waals surface area contributed by atoms with Gasteiger partial charge in [0.05, 0.1) is 12.2 Å². The van der Waals surface area contributed by atoms with Gasteiger partial charge in [0, 0.05) is 12.4 Å². The van der Waals surface area contributed by atoms with Gasteiger partial charge in [-0.1, -0.05) is 12.1 Å². The first-order valence-corrected chi connectivity index (χ1v) is 6.20. The molecule has 3 aromatic heterocycles. The van der Waals surface area contributed by atoms with E-state index in [0.29, 0.717) is 12.5 Å². The van der Waals surface area contributed by atoms with Crippen molar-refractivity contribution in [2.75, 3.05) is 5.32 Å². The number of pyridine rings is 2. The zero-order chi connectivity index (χ0) is 13.2. The van der Waals surface area contributed by atoms with Crippen molar-refractivity contribution in [2.24, 2.45) is 0 Å². The van der Waals surface area contributed by atoms with Crippen LogP contribution in [-0.4, -0.2) is 19.6 Å². The van der Waals surface area contributed by atoms with Crippen LogP contribution in [0.4, 0.5) is 5.95 Å². The van der Waals surface area contributed by atoms with Crippen molar-refractivity contribution in [3.63, 3.8) is 0 Å². The molecule has 0 aliphatic rings. The average Bonchev–Trinajstić information content (AvgIpc) is 2.82. The predicted octanol–water partition coefficient (Wildman–Crippen LogP) is 2.35. The SMILES string of the molecule is Cc1cccnc1CNc1nc2c(C)cccn2n1. The highest BCUT2D eigenvalue weighted by atomic mass is 15.3. The largest absolute Gasteiger partial charge is 0.347 e. The minimum atomic E-state index is 0.624. The van der Waals surface area contributed by atoms with E-state index in [9.17, 15) is 0 Å². The van der Waals surface area contributed by atoms with Gasteiger partial charge in [-0.2, -0.15) is 4.98 Å². The molecule has 3 rings (SSSR count). The summed E-state index contributed by atoms with van der Waals surface area (Å²) in [5.41, 5.74) is 4.16. The summed E-state index contributed by atoms with van der Waals surface area (Å²) in [6.45, 7) is 4.70. The molecule has 0 saturated carbocycles. The van der Waals surface area contributed by atoms with Gasteiger partial charge in [0.2, 0.25) is 5.95 Å². The topological polar surface area (TPSA) is 55.1 Å². The zero-order valence-corrected chi connectivity index (χ0v) is 11.0. The Bertz CT molecular complexity index is 717. The van der Waals surface area contributed by atoms with Crippen LogP contribution in [0.2, 0.25) is 0 Å². The molecular formula is C14H15N5. The Morgan fingerprint density at radius 2 is 2.00 bits per heavy atom. The molecule has 19 heavy (non-hydrogen) atoms. The second-order valence-electron chi connectivity index (χ2n) is 4.52. The molecule has 96 valence electrons. The summed E-state index contributed by atoms with van der Waals surface area (Å²) in [7, 11) is 0. The Balaban J connectivity index is 1.83. The number of nitrogens with one attached hydrogen (secondary N) is 1. The molecule has 0 bridgehead atoms. The molecule has 0 radical (unpaired) electrons. The summed E-state index contributed by atoms with van der Waals surface area (Å²) in [4.78, 5) is 8.81. The maximum Gasteiger partial charge on any atom is 0.243 e. The van der Waals surface area contributed by atoms with Crippen LogP contribution in [0.25, 0.3) is 5.65 Å². The highest BCUT2D eigenvalue weighted by Crippen LogP contribution is 2.11. The number of hydrogen-bond donors (Lipinski definition) is 1. The first-order valence-electron chi connectivity index (χ1n) is 6.20. The third-order valence-electron chi connectivity index (χ3n) is 3.09. The van der Waals surface area contributed by atoms with E-state index in [4.69, 9.17) is 0 Å². The molecule has 0 spiro atoms. The van der Waals surface area contributed by atoms with Crippen molar-refractivity contribution < 1.29 is 0 Å². The summed E-state index contributed by atoms with van der Waals surface area (Å²) in [5, 5.41) is 7.60. The van der Waals surface area contributed by atoms with E-state index >= 15 is 0 Å². The number of nitrogens with zero attached hydrogens (tertiary/aromatic N) is 4. The lowest BCUT2D eigenvalue weighted by Crippen LogP contribution is -2.04. The third-order valence-corrected chi connectivity index (χ3v) is 3.09. The van der Waals surface area contributed by atoms with Crippen LogP contribution in [0.5, 0.6) is 0 Å². The number of aromatic nitrogens is 4. The lowest BCUT2D eigenvalue weighted by atomic mass is 10.2. The van der Waals surface area contributed by atoms with Gasteiger partial charge >= 0.3 is 0 Å². The molecule has 0 aliphatic heterocycles. The minimum Gasteiger partial charge on any atom is -0.347 e. The van der Waals surface area contributed by atoms with Gasteiger partial charge in [0.15, 0.2) is 5.65 Å². The van der Waals surface area contributed by atoms with Gasteiger partial charge in [-0.3, -0.25) is 4.98 Å². The van der Waals surface area contributed by atoms with Crippen LogP contribution in [0.1, 0.15) is 16.8 Å². The van der Waals surface area contributed by atoms with Gasteiger partial charge in [-0.25, -0.2) is 4.52 Å². The summed E-state index contributed by atoms with van der Waals surface area (Å²) in [6.07, 6.45) is 3.69. The van der Waals surface area contributed by atoms with Crippen LogP contribution in [-0.2, 0) is 6.54 Å². The minimum absolute atomic E-state index is 0.624. The maximum atomic E-state index is 4.47. The zero-order valence-electron chi connectivity index (χ0n) is 11.0. The van der Waals surface area contributed by atoms with Gasteiger partial charge in [-0.05, 0) is 37.1 Å². The molecule has 0 amide bonds. The van der Waals surface area contributed by atoms with Crippen LogP contribution in [0.3, 0.4) is 0 Å². The number of fused-ring (bicyclic) bond motifs is 1. The standard InChI is InChI=1S/C14H15N5/c1-10-5-3-7-15-12(10)9-16-14-17-13-11(2)6-4-8-19(13)18-14/h3-8H,9H2,1-2H3,(H,16,18). The summed E-state index contributed by atoms with van der Waals surface area (Å²) in [5.74, 6) is 0.624. The highest BCUT2D eigenvalue weighted by Gasteiger charge is 2.05. The summed E-state index contributed by atoms with van der Waals surface area (Å²) >= 11 is 0. The van der Waals surface area contributed by atoms with Crippen molar-refractivity contribution in [1.29, 1.82) is 0 Å². The maximum absolute atomic E-state index is 4.47. The van der Waals surface area contributed by atoms with E-state index in [1.165, 1.54) is 0 Å². The second-order valence-corrected chi connectivity index (χ2v) is 4.52. The van der Waals surface area contributed by atoms with Gasteiger partial charge in [0.25, 0.3) is 0 Å². The summed E-state index contributed by atoms with van der Waals surface area (Å²) in [6, 6.07) is 7.97. The van der Waals surface area contributed by atoms with Crippen LogP contribution in [0, 0.1) is 13.8 Å².